The number of hydrogen-bond donors (Lipinski definition) is 1. The SMILES string of the molecule is CN(C(=O)[C@@H](N)Cc1ccccc1)C1CCS(=O)(=O)C1. The van der Waals surface area contributed by atoms with Crippen molar-refractivity contribution in [3.63, 3.8) is 0 Å². The van der Waals surface area contributed by atoms with Gasteiger partial charge in [0.25, 0.3) is 0 Å². The van der Waals surface area contributed by atoms with E-state index in [4.69, 9.17) is 5.73 Å². The summed E-state index contributed by atoms with van der Waals surface area (Å²) in [4.78, 5) is 13.7. The van der Waals surface area contributed by atoms with Gasteiger partial charge in [0, 0.05) is 13.1 Å². The zero-order valence-corrected chi connectivity index (χ0v) is 12.3. The summed E-state index contributed by atoms with van der Waals surface area (Å²) in [7, 11) is -1.36. The lowest BCUT2D eigenvalue weighted by molar-refractivity contribution is -0.132. The molecular formula is C14H20N2O3S. The molecule has 6 heteroatoms. The van der Waals surface area contributed by atoms with Gasteiger partial charge >= 0.3 is 0 Å². The largest absolute Gasteiger partial charge is 0.340 e. The van der Waals surface area contributed by atoms with E-state index in [9.17, 15) is 13.2 Å². The Morgan fingerprint density at radius 3 is 2.60 bits per heavy atom. The predicted octanol–water partition coefficient (Wildman–Crippen LogP) is 0.202. The van der Waals surface area contributed by atoms with Crippen LogP contribution in [0.4, 0.5) is 0 Å². The minimum absolute atomic E-state index is 0.0489. The smallest absolute Gasteiger partial charge is 0.239 e. The lowest BCUT2D eigenvalue weighted by Crippen LogP contribution is -2.47. The van der Waals surface area contributed by atoms with Gasteiger partial charge in [0.05, 0.1) is 17.5 Å². The molecule has 2 rings (SSSR count). The lowest BCUT2D eigenvalue weighted by atomic mass is 10.0. The first kappa shape index (κ1) is 15.0. The van der Waals surface area contributed by atoms with Gasteiger partial charge < -0.3 is 10.6 Å². The van der Waals surface area contributed by atoms with Crippen LogP contribution in [-0.4, -0.2) is 49.9 Å². The summed E-state index contributed by atoms with van der Waals surface area (Å²) >= 11 is 0. The van der Waals surface area contributed by atoms with Crippen molar-refractivity contribution in [3.05, 3.63) is 35.9 Å². The van der Waals surface area contributed by atoms with E-state index < -0.39 is 15.9 Å². The van der Waals surface area contributed by atoms with E-state index >= 15 is 0 Å². The fourth-order valence-electron chi connectivity index (χ4n) is 2.48. The van der Waals surface area contributed by atoms with Crippen molar-refractivity contribution in [2.45, 2.75) is 24.9 Å². The molecule has 1 fully saturated rings. The molecule has 0 spiro atoms. The first-order valence-electron chi connectivity index (χ1n) is 6.65. The van der Waals surface area contributed by atoms with Gasteiger partial charge in [0.15, 0.2) is 9.84 Å². The van der Waals surface area contributed by atoms with E-state index in [0.29, 0.717) is 12.8 Å². The molecule has 20 heavy (non-hydrogen) atoms. The van der Waals surface area contributed by atoms with Gasteiger partial charge in [-0.15, -0.1) is 0 Å². The topological polar surface area (TPSA) is 80.5 Å². The third-order valence-corrected chi connectivity index (χ3v) is 5.47. The molecule has 0 aromatic heterocycles. The van der Waals surface area contributed by atoms with Crippen molar-refractivity contribution in [1.82, 2.24) is 4.90 Å². The standard InChI is InChI=1S/C14H20N2O3S/c1-16(12-7-8-20(18,19)10-12)14(17)13(15)9-11-5-3-2-4-6-11/h2-6,12-13H,7-10,15H2,1H3/t12?,13-/m0/s1. The van der Waals surface area contributed by atoms with E-state index in [0.717, 1.165) is 5.56 Å². The van der Waals surface area contributed by atoms with Crippen molar-refractivity contribution in [3.8, 4) is 0 Å². The minimum Gasteiger partial charge on any atom is -0.340 e. The van der Waals surface area contributed by atoms with Crippen LogP contribution in [-0.2, 0) is 21.1 Å². The maximum Gasteiger partial charge on any atom is 0.239 e. The molecule has 1 amide bonds. The maximum atomic E-state index is 12.3. The number of benzene rings is 1. The van der Waals surface area contributed by atoms with Gasteiger partial charge in [-0.05, 0) is 18.4 Å². The first-order chi connectivity index (χ1) is 9.39. The van der Waals surface area contributed by atoms with Crippen LogP contribution in [0.25, 0.3) is 0 Å². The fourth-order valence-corrected chi connectivity index (χ4v) is 4.25. The quantitative estimate of drug-likeness (QED) is 0.861. The molecule has 0 aliphatic carbocycles. The molecule has 1 aliphatic rings. The van der Waals surface area contributed by atoms with Crippen LogP contribution in [0.1, 0.15) is 12.0 Å². The Balaban J connectivity index is 1.97. The highest BCUT2D eigenvalue weighted by Gasteiger charge is 2.34. The first-order valence-corrected chi connectivity index (χ1v) is 8.48. The molecule has 1 aromatic rings. The number of sulfone groups is 1. The summed E-state index contributed by atoms with van der Waals surface area (Å²) in [6.07, 6.45) is 0.964. The van der Waals surface area contributed by atoms with Crippen LogP contribution in [0.15, 0.2) is 30.3 Å². The van der Waals surface area contributed by atoms with E-state index in [1.807, 2.05) is 30.3 Å². The van der Waals surface area contributed by atoms with Crippen LogP contribution in [0.2, 0.25) is 0 Å². The molecule has 5 nitrogen and oxygen atoms in total. The Labute approximate surface area is 119 Å². The van der Waals surface area contributed by atoms with Crippen LogP contribution >= 0.6 is 0 Å². The molecule has 2 atom stereocenters. The number of likely N-dealkylation sites (N-methyl/N-ethyl adjacent to an activating group) is 1. The van der Waals surface area contributed by atoms with Crippen LogP contribution < -0.4 is 5.73 Å². The second-order valence-corrected chi connectivity index (χ2v) is 7.53. The second kappa shape index (κ2) is 5.93. The number of nitrogens with zero attached hydrogens (tertiary/aromatic N) is 1. The normalized spacial score (nSPS) is 22.4. The average Bonchev–Trinajstić information content (AvgIpc) is 2.78. The highest BCUT2D eigenvalue weighted by atomic mass is 32.2. The van der Waals surface area contributed by atoms with Crippen molar-refractivity contribution in [2.75, 3.05) is 18.6 Å². The number of rotatable bonds is 4. The summed E-state index contributed by atoms with van der Waals surface area (Å²) in [5.74, 6) is 0.00668. The molecule has 2 N–H and O–H groups in total. The van der Waals surface area contributed by atoms with E-state index in [-0.39, 0.29) is 23.5 Å². The Morgan fingerprint density at radius 2 is 2.05 bits per heavy atom. The number of carbonyl (C=O) groups is 1. The fraction of sp³-hybridized carbons (Fsp3) is 0.500. The van der Waals surface area contributed by atoms with Crippen molar-refractivity contribution in [1.29, 1.82) is 0 Å². The van der Waals surface area contributed by atoms with Gasteiger partial charge in [0.1, 0.15) is 0 Å². The summed E-state index contributed by atoms with van der Waals surface area (Å²) in [6.45, 7) is 0. The van der Waals surface area contributed by atoms with Crippen LogP contribution in [0.5, 0.6) is 0 Å². The van der Waals surface area contributed by atoms with Gasteiger partial charge in [-0.25, -0.2) is 8.42 Å². The Bertz CT molecular complexity index is 571. The minimum atomic E-state index is -2.99. The molecule has 1 saturated heterocycles. The highest BCUT2D eigenvalue weighted by molar-refractivity contribution is 7.91. The second-order valence-electron chi connectivity index (χ2n) is 5.30. The van der Waals surface area contributed by atoms with Gasteiger partial charge in [-0.2, -0.15) is 0 Å². The Hall–Kier alpha value is -1.40. The average molecular weight is 296 g/mol. The molecule has 0 saturated carbocycles. The van der Waals surface area contributed by atoms with Crippen LogP contribution in [0.3, 0.4) is 0 Å². The number of carbonyl (C=O) groups excluding carboxylic acids is 1. The van der Waals surface area contributed by atoms with Crippen molar-refractivity contribution < 1.29 is 13.2 Å². The van der Waals surface area contributed by atoms with Crippen molar-refractivity contribution >= 4 is 15.7 Å². The summed E-state index contributed by atoms with van der Waals surface area (Å²) in [5.41, 5.74) is 6.95. The van der Waals surface area contributed by atoms with Gasteiger partial charge in [-0.3, -0.25) is 4.79 Å². The third kappa shape index (κ3) is 3.58. The zero-order chi connectivity index (χ0) is 14.8. The molecule has 0 radical (unpaired) electrons. The molecule has 1 aromatic carbocycles. The highest BCUT2D eigenvalue weighted by Crippen LogP contribution is 2.17. The molecule has 1 unspecified atom stereocenters. The lowest BCUT2D eigenvalue weighted by Gasteiger charge is -2.26. The molecular weight excluding hydrogens is 276 g/mol. The summed E-state index contributed by atoms with van der Waals surface area (Å²) < 4.78 is 22.9. The van der Waals surface area contributed by atoms with Crippen LogP contribution in [0, 0.1) is 0 Å². The van der Waals surface area contributed by atoms with E-state index in [1.54, 1.807) is 7.05 Å². The maximum absolute atomic E-state index is 12.3. The number of nitrogens with two attached hydrogens (primary N) is 1. The Morgan fingerprint density at radius 1 is 1.40 bits per heavy atom. The molecule has 1 heterocycles. The zero-order valence-electron chi connectivity index (χ0n) is 11.5. The van der Waals surface area contributed by atoms with Gasteiger partial charge in [0.2, 0.25) is 5.91 Å². The van der Waals surface area contributed by atoms with E-state index in [2.05, 4.69) is 0 Å². The summed E-state index contributed by atoms with van der Waals surface area (Å²) in [5, 5.41) is 0. The molecule has 1 aliphatic heterocycles. The predicted molar refractivity (Wildman–Crippen MR) is 78.0 cm³/mol. The third-order valence-electron chi connectivity index (χ3n) is 3.72. The number of hydrogen-bond acceptors (Lipinski definition) is 4. The monoisotopic (exact) mass is 296 g/mol. The van der Waals surface area contributed by atoms with Crippen molar-refractivity contribution in [2.24, 2.45) is 5.73 Å². The summed E-state index contributed by atoms with van der Waals surface area (Å²) in [6, 6.07) is 8.69. The Kier molecular flexibility index (Phi) is 4.45. The van der Waals surface area contributed by atoms with E-state index in [1.165, 1.54) is 4.90 Å². The number of amides is 1. The molecule has 110 valence electrons. The van der Waals surface area contributed by atoms with Gasteiger partial charge in [-0.1, -0.05) is 30.3 Å². The molecule has 0 bridgehead atoms.